The maximum atomic E-state index is 12.0. The van der Waals surface area contributed by atoms with Crippen LogP contribution in [0.4, 0.5) is 0 Å². The van der Waals surface area contributed by atoms with Gasteiger partial charge in [-0.25, -0.2) is 10.4 Å². The Bertz CT molecular complexity index is 823. The van der Waals surface area contributed by atoms with Gasteiger partial charge < -0.3 is 4.57 Å². The molecule has 1 N–H and O–H groups in total. The molecule has 0 aliphatic carbocycles. The maximum absolute atomic E-state index is 12.0. The molecular formula is C16H15N5O. The van der Waals surface area contributed by atoms with Gasteiger partial charge in [-0.05, 0) is 31.2 Å². The fraction of sp³-hybridized carbons (Fsp3) is 0.125. The molecule has 1 aromatic carbocycles. The minimum atomic E-state index is -0.198. The fourth-order valence-electron chi connectivity index (χ4n) is 2.13. The summed E-state index contributed by atoms with van der Waals surface area (Å²) >= 11 is 0. The van der Waals surface area contributed by atoms with E-state index in [0.29, 0.717) is 0 Å². The standard InChI is InChI=1S/C16H15N5O/c1-12(13-6-8-17-9-7-13)19-20-16(22)10-21-11-18-14-4-2-3-5-15(14)21/h2-9,11H,10H2,1H3,(H,20,22)/b19-12-. The molecule has 3 rings (SSSR count). The Hall–Kier alpha value is -3.02. The van der Waals surface area contributed by atoms with Crippen LogP contribution in [0.3, 0.4) is 0 Å². The highest BCUT2D eigenvalue weighted by atomic mass is 16.2. The summed E-state index contributed by atoms with van der Waals surface area (Å²) in [5, 5.41) is 4.11. The Kier molecular flexibility index (Phi) is 3.91. The number of pyridine rings is 1. The van der Waals surface area contributed by atoms with Crippen molar-refractivity contribution in [3.05, 3.63) is 60.7 Å². The van der Waals surface area contributed by atoms with Gasteiger partial charge in [0, 0.05) is 18.0 Å². The number of hydrogen-bond donors (Lipinski definition) is 1. The van der Waals surface area contributed by atoms with Crippen molar-refractivity contribution in [2.75, 3.05) is 0 Å². The van der Waals surface area contributed by atoms with E-state index < -0.39 is 0 Å². The predicted molar refractivity (Wildman–Crippen MR) is 84.3 cm³/mol. The third-order valence-electron chi connectivity index (χ3n) is 3.29. The van der Waals surface area contributed by atoms with Crippen molar-refractivity contribution in [1.29, 1.82) is 0 Å². The number of hydrogen-bond acceptors (Lipinski definition) is 4. The van der Waals surface area contributed by atoms with Crippen molar-refractivity contribution < 1.29 is 4.79 Å². The zero-order valence-electron chi connectivity index (χ0n) is 12.1. The molecule has 0 aliphatic rings. The molecule has 2 heterocycles. The minimum Gasteiger partial charge on any atom is -0.321 e. The monoisotopic (exact) mass is 293 g/mol. The lowest BCUT2D eigenvalue weighted by Crippen LogP contribution is -2.24. The first-order valence-electron chi connectivity index (χ1n) is 6.87. The quantitative estimate of drug-likeness (QED) is 0.590. The van der Waals surface area contributed by atoms with Crippen LogP contribution in [0.1, 0.15) is 12.5 Å². The van der Waals surface area contributed by atoms with E-state index in [4.69, 9.17) is 0 Å². The molecule has 0 atom stereocenters. The summed E-state index contributed by atoms with van der Waals surface area (Å²) in [7, 11) is 0. The number of carbonyl (C=O) groups is 1. The predicted octanol–water partition coefficient (Wildman–Crippen LogP) is 1.97. The van der Waals surface area contributed by atoms with E-state index in [1.165, 1.54) is 0 Å². The van der Waals surface area contributed by atoms with Crippen molar-refractivity contribution in [1.82, 2.24) is 20.0 Å². The molecule has 0 spiro atoms. The van der Waals surface area contributed by atoms with Gasteiger partial charge in [-0.1, -0.05) is 12.1 Å². The summed E-state index contributed by atoms with van der Waals surface area (Å²) in [6, 6.07) is 11.4. The van der Waals surface area contributed by atoms with E-state index in [2.05, 4.69) is 20.5 Å². The van der Waals surface area contributed by atoms with Gasteiger partial charge in [-0.2, -0.15) is 5.10 Å². The second-order valence-corrected chi connectivity index (χ2v) is 4.83. The summed E-state index contributed by atoms with van der Waals surface area (Å²) in [6.07, 6.45) is 5.03. The topological polar surface area (TPSA) is 72.2 Å². The van der Waals surface area contributed by atoms with E-state index in [-0.39, 0.29) is 12.5 Å². The lowest BCUT2D eigenvalue weighted by atomic mass is 10.2. The number of aromatic nitrogens is 3. The molecule has 0 unspecified atom stereocenters. The average Bonchev–Trinajstić information content (AvgIpc) is 2.97. The van der Waals surface area contributed by atoms with Crippen molar-refractivity contribution in [2.24, 2.45) is 5.10 Å². The number of para-hydroxylation sites is 2. The van der Waals surface area contributed by atoms with Crippen LogP contribution in [0.25, 0.3) is 11.0 Å². The molecule has 0 fully saturated rings. The Morgan fingerprint density at radius 1 is 1.23 bits per heavy atom. The molecule has 110 valence electrons. The summed E-state index contributed by atoms with van der Waals surface area (Å²) in [6.45, 7) is 2.01. The summed E-state index contributed by atoms with van der Waals surface area (Å²) in [5.74, 6) is -0.198. The van der Waals surface area contributed by atoms with E-state index in [1.807, 2.05) is 43.3 Å². The minimum absolute atomic E-state index is 0.174. The molecule has 22 heavy (non-hydrogen) atoms. The van der Waals surface area contributed by atoms with Gasteiger partial charge in [0.05, 0.1) is 23.1 Å². The van der Waals surface area contributed by atoms with Crippen LogP contribution in [0.2, 0.25) is 0 Å². The van der Waals surface area contributed by atoms with Crippen LogP contribution in [-0.2, 0) is 11.3 Å². The summed E-state index contributed by atoms with van der Waals surface area (Å²) < 4.78 is 1.79. The molecule has 3 aromatic rings. The molecule has 0 aliphatic heterocycles. The molecule has 0 radical (unpaired) electrons. The smallest absolute Gasteiger partial charge is 0.260 e. The Labute approximate surface area is 127 Å². The number of nitrogens with zero attached hydrogens (tertiary/aromatic N) is 4. The Morgan fingerprint density at radius 2 is 2.00 bits per heavy atom. The Balaban J connectivity index is 1.68. The van der Waals surface area contributed by atoms with Crippen LogP contribution in [0.5, 0.6) is 0 Å². The van der Waals surface area contributed by atoms with Crippen LogP contribution < -0.4 is 5.43 Å². The van der Waals surface area contributed by atoms with Gasteiger partial charge in [0.15, 0.2) is 0 Å². The van der Waals surface area contributed by atoms with Crippen molar-refractivity contribution in [2.45, 2.75) is 13.5 Å². The number of rotatable bonds is 4. The van der Waals surface area contributed by atoms with Gasteiger partial charge in [0.25, 0.3) is 5.91 Å². The first-order valence-corrected chi connectivity index (χ1v) is 6.87. The van der Waals surface area contributed by atoms with E-state index in [0.717, 1.165) is 22.3 Å². The van der Waals surface area contributed by atoms with E-state index in [9.17, 15) is 4.79 Å². The second-order valence-electron chi connectivity index (χ2n) is 4.83. The fourth-order valence-corrected chi connectivity index (χ4v) is 2.13. The number of fused-ring (bicyclic) bond motifs is 1. The van der Waals surface area contributed by atoms with Gasteiger partial charge in [0.1, 0.15) is 6.54 Å². The first kappa shape index (κ1) is 13.9. The lowest BCUT2D eigenvalue weighted by Gasteiger charge is -2.04. The first-order chi connectivity index (χ1) is 10.7. The normalized spacial score (nSPS) is 11.6. The number of nitrogens with one attached hydrogen (secondary N) is 1. The third kappa shape index (κ3) is 3.01. The Morgan fingerprint density at radius 3 is 2.82 bits per heavy atom. The zero-order valence-corrected chi connectivity index (χ0v) is 12.1. The molecule has 0 saturated carbocycles. The highest BCUT2D eigenvalue weighted by Crippen LogP contribution is 2.11. The van der Waals surface area contributed by atoms with E-state index >= 15 is 0 Å². The second kappa shape index (κ2) is 6.17. The largest absolute Gasteiger partial charge is 0.321 e. The average molecular weight is 293 g/mol. The zero-order chi connectivity index (χ0) is 15.4. The maximum Gasteiger partial charge on any atom is 0.260 e. The van der Waals surface area contributed by atoms with Crippen molar-refractivity contribution in [3.8, 4) is 0 Å². The van der Waals surface area contributed by atoms with Crippen molar-refractivity contribution in [3.63, 3.8) is 0 Å². The molecular weight excluding hydrogens is 278 g/mol. The van der Waals surface area contributed by atoms with Gasteiger partial charge in [0.2, 0.25) is 0 Å². The number of amides is 1. The summed E-state index contributed by atoms with van der Waals surface area (Å²) in [5.41, 5.74) is 6.00. The van der Waals surface area contributed by atoms with Crippen molar-refractivity contribution >= 4 is 22.7 Å². The molecule has 2 aromatic heterocycles. The van der Waals surface area contributed by atoms with Crippen LogP contribution >= 0.6 is 0 Å². The van der Waals surface area contributed by atoms with Gasteiger partial charge in [-0.3, -0.25) is 9.78 Å². The van der Waals surface area contributed by atoms with Crippen LogP contribution in [0, 0.1) is 0 Å². The van der Waals surface area contributed by atoms with Crippen LogP contribution in [-0.4, -0.2) is 26.2 Å². The lowest BCUT2D eigenvalue weighted by molar-refractivity contribution is -0.121. The third-order valence-corrected chi connectivity index (χ3v) is 3.29. The van der Waals surface area contributed by atoms with E-state index in [1.54, 1.807) is 23.3 Å². The van der Waals surface area contributed by atoms with Gasteiger partial charge in [-0.15, -0.1) is 0 Å². The molecule has 0 saturated heterocycles. The highest BCUT2D eigenvalue weighted by Gasteiger charge is 2.06. The highest BCUT2D eigenvalue weighted by molar-refractivity contribution is 5.99. The number of imidazole rings is 1. The number of carbonyl (C=O) groups excluding carboxylic acids is 1. The molecule has 6 nitrogen and oxygen atoms in total. The molecule has 6 heteroatoms. The van der Waals surface area contributed by atoms with Gasteiger partial charge >= 0.3 is 0 Å². The number of hydrazone groups is 1. The summed E-state index contributed by atoms with van der Waals surface area (Å²) in [4.78, 5) is 20.2. The van der Waals surface area contributed by atoms with Crippen LogP contribution in [0.15, 0.2) is 60.2 Å². The molecule has 0 bridgehead atoms. The number of benzene rings is 1. The SMILES string of the molecule is C/C(=N/NC(=O)Cn1cnc2ccccc21)c1ccncc1. The molecule has 1 amide bonds.